The van der Waals surface area contributed by atoms with Gasteiger partial charge in [0.1, 0.15) is 11.6 Å². The average molecular weight is 431 g/mol. The second kappa shape index (κ2) is 8.95. The van der Waals surface area contributed by atoms with Crippen molar-refractivity contribution in [2.45, 2.75) is 30.4 Å². The minimum atomic E-state index is -3.75. The van der Waals surface area contributed by atoms with Crippen molar-refractivity contribution in [1.29, 1.82) is 0 Å². The van der Waals surface area contributed by atoms with Gasteiger partial charge in [0.05, 0.1) is 4.90 Å². The molecule has 8 nitrogen and oxygen atoms in total. The Morgan fingerprint density at radius 3 is 2.37 bits per heavy atom. The van der Waals surface area contributed by atoms with Gasteiger partial charge in [-0.2, -0.15) is 4.98 Å². The Morgan fingerprint density at radius 1 is 1.07 bits per heavy atom. The van der Waals surface area contributed by atoms with E-state index in [-0.39, 0.29) is 41.1 Å². The van der Waals surface area contributed by atoms with E-state index in [9.17, 15) is 22.4 Å². The molecule has 30 heavy (non-hydrogen) atoms. The largest absolute Gasteiger partial charge is 0.339 e. The molecule has 1 aromatic heterocycles. The smallest absolute Gasteiger partial charge is 0.227 e. The van der Waals surface area contributed by atoms with Gasteiger partial charge in [0, 0.05) is 24.1 Å². The number of Topliss-reactive ketones (excluding diaryl/α,β-unsaturated/α-hetero) is 1. The molecule has 10 heteroatoms. The van der Waals surface area contributed by atoms with E-state index < -0.39 is 21.4 Å². The Bertz CT molecular complexity index is 1160. The Morgan fingerprint density at radius 2 is 1.73 bits per heavy atom. The van der Waals surface area contributed by atoms with Crippen LogP contribution >= 0.6 is 0 Å². The van der Waals surface area contributed by atoms with Gasteiger partial charge in [0.15, 0.2) is 21.4 Å². The highest BCUT2D eigenvalue weighted by Gasteiger charge is 2.19. The van der Waals surface area contributed by atoms with Crippen molar-refractivity contribution in [1.82, 2.24) is 10.1 Å². The zero-order valence-electron chi connectivity index (χ0n) is 16.0. The number of ketones is 1. The van der Waals surface area contributed by atoms with Gasteiger partial charge in [-0.25, -0.2) is 12.8 Å². The van der Waals surface area contributed by atoms with Crippen molar-refractivity contribution in [3.63, 3.8) is 0 Å². The molecule has 0 saturated carbocycles. The van der Waals surface area contributed by atoms with E-state index in [1.807, 2.05) is 0 Å². The molecule has 0 radical (unpaired) electrons. The van der Waals surface area contributed by atoms with Gasteiger partial charge < -0.3 is 9.84 Å². The van der Waals surface area contributed by atoms with Crippen LogP contribution in [-0.4, -0.2) is 30.2 Å². The van der Waals surface area contributed by atoms with Crippen LogP contribution in [0.1, 0.15) is 35.4 Å². The molecule has 3 aromatic rings. The Hall–Kier alpha value is -3.40. The summed E-state index contributed by atoms with van der Waals surface area (Å²) in [5.74, 6) is -1.33. The number of halogens is 1. The fourth-order valence-corrected chi connectivity index (χ4v) is 3.75. The fourth-order valence-electron chi connectivity index (χ4n) is 2.58. The summed E-state index contributed by atoms with van der Waals surface area (Å²) in [7, 11) is -3.75. The molecular weight excluding hydrogens is 413 g/mol. The molecule has 0 aliphatic heterocycles. The van der Waals surface area contributed by atoms with Gasteiger partial charge in [0.2, 0.25) is 11.8 Å². The summed E-state index contributed by atoms with van der Waals surface area (Å²) in [6, 6.07) is 10.9. The lowest BCUT2D eigenvalue weighted by atomic mass is 10.1. The van der Waals surface area contributed by atoms with Crippen LogP contribution in [0.2, 0.25) is 0 Å². The summed E-state index contributed by atoms with van der Waals surface area (Å²) in [4.78, 5) is 27.3. The Labute approximate surface area is 172 Å². The van der Waals surface area contributed by atoms with Gasteiger partial charge in [-0.1, -0.05) is 5.16 Å². The van der Waals surface area contributed by atoms with E-state index in [4.69, 9.17) is 4.52 Å². The number of hydrogen-bond acceptors (Lipinski definition) is 7. The topological polar surface area (TPSA) is 119 Å². The summed E-state index contributed by atoms with van der Waals surface area (Å²) in [6.07, 6.45) is 0.168. The normalized spacial score (nSPS) is 11.3. The molecule has 0 bridgehead atoms. The maximum absolute atomic E-state index is 13.0. The number of anilines is 1. The van der Waals surface area contributed by atoms with Gasteiger partial charge >= 0.3 is 0 Å². The van der Waals surface area contributed by atoms with E-state index in [0.29, 0.717) is 11.3 Å². The molecule has 1 N–H and O–H groups in total. The monoisotopic (exact) mass is 431 g/mol. The number of amides is 1. The maximum Gasteiger partial charge on any atom is 0.227 e. The summed E-state index contributed by atoms with van der Waals surface area (Å²) >= 11 is 0. The van der Waals surface area contributed by atoms with E-state index >= 15 is 0 Å². The van der Waals surface area contributed by atoms with E-state index in [1.54, 1.807) is 24.3 Å². The van der Waals surface area contributed by atoms with Gasteiger partial charge in [-0.15, -0.1) is 0 Å². The highest BCUT2D eigenvalue weighted by molar-refractivity contribution is 7.90. The molecule has 0 unspecified atom stereocenters. The van der Waals surface area contributed by atoms with Crippen LogP contribution in [0.4, 0.5) is 10.1 Å². The van der Waals surface area contributed by atoms with Crippen LogP contribution in [0.25, 0.3) is 0 Å². The summed E-state index contributed by atoms with van der Waals surface area (Å²) in [5.41, 5.74) is 1.09. The first-order chi connectivity index (χ1) is 14.2. The number of benzene rings is 2. The molecule has 0 fully saturated rings. The maximum atomic E-state index is 13.0. The van der Waals surface area contributed by atoms with Gasteiger partial charge in [-0.3, -0.25) is 9.59 Å². The summed E-state index contributed by atoms with van der Waals surface area (Å²) in [5, 5.41) is 6.31. The molecule has 0 saturated heterocycles. The molecule has 156 valence electrons. The molecular formula is C20H18FN3O5S. The first-order valence-electron chi connectivity index (χ1n) is 8.93. The fraction of sp³-hybridized carbons (Fsp3) is 0.200. The first-order valence-corrected chi connectivity index (χ1v) is 10.6. The van der Waals surface area contributed by atoms with Crippen molar-refractivity contribution in [2.24, 2.45) is 0 Å². The molecule has 1 amide bonds. The minimum absolute atomic E-state index is 0.0425. The number of rotatable bonds is 8. The van der Waals surface area contributed by atoms with Gasteiger partial charge in [-0.05, 0) is 55.5 Å². The Kier molecular flexibility index (Phi) is 6.36. The molecule has 3 rings (SSSR count). The van der Waals surface area contributed by atoms with E-state index in [0.717, 1.165) is 12.1 Å². The number of carbonyl (C=O) groups is 2. The van der Waals surface area contributed by atoms with Crippen LogP contribution in [-0.2, 0) is 26.8 Å². The SMILES string of the molecule is CC(=O)c1ccc(NC(=O)CCc2nc(CS(=O)(=O)c3ccc(F)cc3)no2)cc1. The quantitative estimate of drug-likeness (QED) is 0.430. The number of aryl methyl sites for hydroxylation is 1. The van der Waals surface area contributed by atoms with Crippen molar-refractivity contribution in [3.8, 4) is 0 Å². The van der Waals surface area contributed by atoms with Crippen LogP contribution < -0.4 is 5.32 Å². The predicted octanol–water partition coefficient (Wildman–Crippen LogP) is 2.96. The number of aromatic nitrogens is 2. The number of nitrogens with one attached hydrogen (secondary N) is 1. The molecule has 0 aliphatic rings. The third kappa shape index (κ3) is 5.57. The first kappa shape index (κ1) is 21.3. The number of sulfone groups is 1. The van der Waals surface area contributed by atoms with Gasteiger partial charge in [0.25, 0.3) is 0 Å². The van der Waals surface area contributed by atoms with Crippen LogP contribution in [0.15, 0.2) is 57.9 Å². The van der Waals surface area contributed by atoms with Crippen molar-refractivity contribution >= 4 is 27.2 Å². The van der Waals surface area contributed by atoms with Crippen molar-refractivity contribution in [2.75, 3.05) is 5.32 Å². The van der Waals surface area contributed by atoms with Crippen LogP contribution in [0.3, 0.4) is 0 Å². The van der Waals surface area contributed by atoms with Crippen LogP contribution in [0.5, 0.6) is 0 Å². The standard InChI is InChI=1S/C20H18FN3O5S/c1-13(25)14-2-6-16(7-3-14)22-19(26)10-11-20-23-18(24-29-20)12-30(27,28)17-8-4-15(21)5-9-17/h2-9H,10-12H2,1H3,(H,22,26). The zero-order valence-corrected chi connectivity index (χ0v) is 16.8. The molecule has 1 heterocycles. The lowest BCUT2D eigenvalue weighted by Gasteiger charge is -2.04. The second-order valence-corrected chi connectivity index (χ2v) is 8.49. The number of nitrogens with zero attached hydrogens (tertiary/aromatic N) is 2. The van der Waals surface area contributed by atoms with Crippen molar-refractivity contribution < 1.29 is 26.9 Å². The molecule has 0 atom stereocenters. The van der Waals surface area contributed by atoms with Crippen molar-refractivity contribution in [3.05, 3.63) is 71.6 Å². The molecule has 0 aliphatic carbocycles. The van der Waals surface area contributed by atoms with E-state index in [2.05, 4.69) is 15.5 Å². The van der Waals surface area contributed by atoms with Crippen LogP contribution in [0, 0.1) is 5.82 Å². The lowest BCUT2D eigenvalue weighted by Crippen LogP contribution is -2.12. The second-order valence-electron chi connectivity index (χ2n) is 6.50. The number of carbonyl (C=O) groups excluding carboxylic acids is 2. The molecule has 0 spiro atoms. The molecule has 2 aromatic carbocycles. The highest BCUT2D eigenvalue weighted by atomic mass is 32.2. The lowest BCUT2D eigenvalue weighted by molar-refractivity contribution is -0.116. The summed E-state index contributed by atoms with van der Waals surface area (Å²) in [6.45, 7) is 1.46. The number of hydrogen-bond donors (Lipinski definition) is 1. The van der Waals surface area contributed by atoms with E-state index in [1.165, 1.54) is 19.1 Å². The zero-order chi connectivity index (χ0) is 21.7. The Balaban J connectivity index is 1.54. The predicted molar refractivity (Wildman–Crippen MR) is 105 cm³/mol. The highest BCUT2D eigenvalue weighted by Crippen LogP contribution is 2.16. The minimum Gasteiger partial charge on any atom is -0.339 e. The third-order valence-electron chi connectivity index (χ3n) is 4.14. The average Bonchev–Trinajstić information content (AvgIpc) is 3.14. The summed E-state index contributed by atoms with van der Waals surface area (Å²) < 4.78 is 42.6. The third-order valence-corrected chi connectivity index (χ3v) is 5.77.